The number of carboxylic acid groups (broad SMARTS) is 2. The number of carbonyl (C=O) groups is 2. The molecule has 0 amide bonds. The van der Waals surface area contributed by atoms with E-state index in [9.17, 15) is 19.8 Å². The van der Waals surface area contributed by atoms with Crippen molar-refractivity contribution in [2.75, 3.05) is 13.7 Å². The van der Waals surface area contributed by atoms with Crippen molar-refractivity contribution in [2.45, 2.75) is 84.2 Å². The molecule has 0 rings (SSSR count). The van der Waals surface area contributed by atoms with Crippen molar-refractivity contribution in [3.8, 4) is 0 Å². The van der Waals surface area contributed by atoms with Crippen LogP contribution in [-0.4, -0.2) is 69.6 Å². The van der Waals surface area contributed by atoms with Crippen molar-refractivity contribution in [1.29, 1.82) is 0 Å². The summed E-state index contributed by atoms with van der Waals surface area (Å²) < 4.78 is 24.7. The number of hydrogen-bond donors (Lipinski definition) is 2. The van der Waals surface area contributed by atoms with Gasteiger partial charge in [-0.05, 0) is 71.8 Å². The summed E-state index contributed by atoms with van der Waals surface area (Å²) in [6.45, 7) is 18.9. The van der Waals surface area contributed by atoms with Crippen molar-refractivity contribution in [3.63, 3.8) is 0 Å². The lowest BCUT2D eigenvalue weighted by molar-refractivity contribution is -0.136. The fourth-order valence-electron chi connectivity index (χ4n) is 3.07. The Morgan fingerprint density at radius 2 is 1.03 bits per heavy atom. The van der Waals surface area contributed by atoms with E-state index in [0.29, 0.717) is 12.5 Å². The summed E-state index contributed by atoms with van der Waals surface area (Å²) in [5.41, 5.74) is -0.216. The molecule has 0 saturated heterocycles. The van der Waals surface area contributed by atoms with E-state index in [1.807, 2.05) is 0 Å². The molecule has 0 aromatic carbocycles. The number of rotatable bonds is 15. The van der Waals surface area contributed by atoms with Crippen LogP contribution in [0.15, 0.2) is 11.1 Å². The van der Waals surface area contributed by atoms with Gasteiger partial charge in [0, 0.05) is 30.7 Å². The first-order valence-corrected chi connectivity index (χ1v) is 22.7. The molecule has 0 saturated carbocycles. The van der Waals surface area contributed by atoms with E-state index in [4.69, 9.17) is 17.1 Å². The highest BCUT2D eigenvalue weighted by Crippen LogP contribution is 2.31. The number of aliphatic carboxylic acids is 2. The van der Waals surface area contributed by atoms with Crippen LogP contribution in [0.4, 0.5) is 0 Å². The summed E-state index contributed by atoms with van der Waals surface area (Å²) in [7, 11) is -7.73. The van der Waals surface area contributed by atoms with Crippen LogP contribution in [0.2, 0.25) is 65.0 Å². The Morgan fingerprint density at radius 1 is 0.677 bits per heavy atom. The molecule has 0 aromatic heterocycles. The van der Waals surface area contributed by atoms with Gasteiger partial charge >= 0.3 is 20.7 Å². The Kier molecular flexibility index (Phi) is 11.8. The number of ether oxygens (including phenoxy) is 1. The van der Waals surface area contributed by atoms with Gasteiger partial charge in [0.25, 0.3) is 0 Å². The predicted octanol–water partition coefficient (Wildman–Crippen LogP) is 4.76. The quantitative estimate of drug-likeness (QED) is 0.239. The summed E-state index contributed by atoms with van der Waals surface area (Å²) >= 11 is 0. The summed E-state index contributed by atoms with van der Waals surface area (Å²) in [6.07, 6.45) is 0.559. The van der Waals surface area contributed by atoms with E-state index in [0.717, 1.165) is 0 Å². The Morgan fingerprint density at radius 3 is 1.32 bits per heavy atom. The minimum atomic E-state index is -3.09. The van der Waals surface area contributed by atoms with E-state index in [1.54, 1.807) is 0 Å². The van der Waals surface area contributed by atoms with E-state index >= 15 is 0 Å². The zero-order valence-corrected chi connectivity index (χ0v) is 24.9. The fraction of sp³-hybridized carbons (Fsp3) is 0.789. The lowest BCUT2D eigenvalue weighted by Crippen LogP contribution is -2.60. The fourth-order valence-corrected chi connectivity index (χ4v) is 17.7. The molecule has 0 atom stereocenters. The molecule has 0 spiro atoms. The summed E-state index contributed by atoms with van der Waals surface area (Å²) in [6, 6.07) is 0.458. The van der Waals surface area contributed by atoms with Crippen LogP contribution in [0.5, 0.6) is 0 Å². The summed E-state index contributed by atoms with van der Waals surface area (Å²) in [4.78, 5) is 23.5. The lowest BCUT2D eigenvalue weighted by atomic mass is 10.0. The van der Waals surface area contributed by atoms with Gasteiger partial charge in [-0.3, -0.25) is 0 Å². The minimum absolute atomic E-state index is 0.0399. The maximum atomic E-state index is 11.8. The van der Waals surface area contributed by atoms with Gasteiger partial charge in [-0.25, -0.2) is 9.59 Å². The molecule has 0 radical (unpaired) electrons. The summed E-state index contributed by atoms with van der Waals surface area (Å²) in [5.74, 6) is -2.45. The molecule has 0 heterocycles. The largest absolute Gasteiger partial charge is 0.478 e. The molecule has 0 aliphatic rings. The van der Waals surface area contributed by atoms with Gasteiger partial charge in [-0.1, -0.05) is 0 Å². The van der Waals surface area contributed by atoms with E-state index in [-0.39, 0.29) is 30.6 Å². The van der Waals surface area contributed by atoms with Gasteiger partial charge in [0.15, 0.2) is 25.0 Å². The second-order valence-electron chi connectivity index (χ2n) is 10.5. The molecule has 31 heavy (non-hydrogen) atoms. The average Bonchev–Trinajstić information content (AvgIpc) is 2.47. The molecule has 2 N–H and O–H groups in total. The first kappa shape index (κ1) is 30.4. The first-order chi connectivity index (χ1) is 13.8. The summed E-state index contributed by atoms with van der Waals surface area (Å²) in [5, 5.41) is 19.2. The van der Waals surface area contributed by atoms with Crippen molar-refractivity contribution in [2.24, 2.45) is 0 Å². The molecule has 182 valence electrons. The van der Waals surface area contributed by atoms with Crippen LogP contribution in [0.3, 0.4) is 0 Å². The molecule has 0 aliphatic heterocycles. The maximum absolute atomic E-state index is 11.8. The minimum Gasteiger partial charge on any atom is -0.478 e. The third-order valence-electron chi connectivity index (χ3n) is 3.73. The molecule has 0 aromatic rings. The molecular formula is C19H42O8Si4. The van der Waals surface area contributed by atoms with Gasteiger partial charge in [-0.2, -0.15) is 0 Å². The van der Waals surface area contributed by atoms with Crippen LogP contribution >= 0.6 is 0 Å². The standard InChI is InChI=1S/C19H42O8Si4/c1-24-14-13-17(19(22)23)16(18(20)21)12-11-15-31(25-28(2,3)4,26-29(5,6)7)27-30(8,9)10/h11-15H2,1-10H3,(H,20,21)(H,22,23)/b17-16+. The van der Waals surface area contributed by atoms with Gasteiger partial charge in [0.1, 0.15) is 0 Å². The van der Waals surface area contributed by atoms with Crippen LogP contribution < -0.4 is 0 Å². The molecule has 0 fully saturated rings. The van der Waals surface area contributed by atoms with Crippen LogP contribution in [0.25, 0.3) is 0 Å². The first-order valence-electron chi connectivity index (χ1n) is 10.6. The smallest absolute Gasteiger partial charge is 0.469 e. The van der Waals surface area contributed by atoms with E-state index < -0.39 is 45.7 Å². The molecule has 12 heteroatoms. The Bertz CT molecular complexity index is 604. The van der Waals surface area contributed by atoms with Crippen LogP contribution in [0.1, 0.15) is 19.3 Å². The third-order valence-corrected chi connectivity index (χ3v) is 15.8. The van der Waals surface area contributed by atoms with Gasteiger partial charge in [-0.15, -0.1) is 0 Å². The zero-order chi connectivity index (χ0) is 24.7. The Hall–Kier alpha value is -0.612. The third kappa shape index (κ3) is 13.5. The molecule has 8 nitrogen and oxygen atoms in total. The maximum Gasteiger partial charge on any atom is 0.469 e. The van der Waals surface area contributed by atoms with E-state index in [2.05, 4.69) is 58.9 Å². The second kappa shape index (κ2) is 12.0. The Labute approximate surface area is 191 Å². The van der Waals surface area contributed by atoms with E-state index in [1.165, 1.54) is 7.11 Å². The van der Waals surface area contributed by atoms with Gasteiger partial charge in [0.05, 0.1) is 6.61 Å². The van der Waals surface area contributed by atoms with Crippen molar-refractivity contribution in [3.05, 3.63) is 11.1 Å². The van der Waals surface area contributed by atoms with Crippen LogP contribution in [-0.2, 0) is 26.7 Å². The molecular weight excluding hydrogens is 469 g/mol. The van der Waals surface area contributed by atoms with Crippen molar-refractivity contribution >= 4 is 45.7 Å². The highest BCUT2D eigenvalue weighted by molar-refractivity contribution is 6.90. The highest BCUT2D eigenvalue weighted by atomic mass is 28.5. The number of methoxy groups -OCH3 is 1. The van der Waals surface area contributed by atoms with Crippen molar-refractivity contribution in [1.82, 2.24) is 0 Å². The molecule has 0 aliphatic carbocycles. The van der Waals surface area contributed by atoms with Gasteiger partial charge < -0.3 is 27.3 Å². The molecule has 0 bridgehead atoms. The SMILES string of the molecule is COCC/C(C(=O)O)=C(/CCC[Si](O[Si](C)(C)C)(O[Si](C)(C)C)O[Si](C)(C)C)C(=O)O. The Balaban J connectivity index is 5.96. The predicted molar refractivity (Wildman–Crippen MR) is 132 cm³/mol. The number of hydrogen-bond acceptors (Lipinski definition) is 6. The normalized spacial score (nSPS) is 14.4. The number of carboxylic acids is 2. The second-order valence-corrected chi connectivity index (χ2v) is 27.5. The van der Waals surface area contributed by atoms with Crippen molar-refractivity contribution < 1.29 is 36.9 Å². The van der Waals surface area contributed by atoms with Crippen LogP contribution in [0, 0.1) is 0 Å². The van der Waals surface area contributed by atoms with Gasteiger partial charge in [0.2, 0.25) is 0 Å². The average molecular weight is 511 g/mol. The molecule has 0 unspecified atom stereocenters. The monoisotopic (exact) mass is 510 g/mol. The lowest BCUT2D eigenvalue weighted by Gasteiger charge is -2.43. The highest BCUT2D eigenvalue weighted by Gasteiger charge is 2.49. The topological polar surface area (TPSA) is 112 Å². The zero-order valence-electron chi connectivity index (χ0n) is 20.9.